The highest BCUT2D eigenvalue weighted by atomic mass is 32.2. The molecule has 1 heterocycles. The van der Waals surface area contributed by atoms with E-state index in [1.54, 1.807) is 0 Å². The number of carbonyl (C=O) groups excluding carboxylic acids is 1. The van der Waals surface area contributed by atoms with E-state index in [9.17, 15) is 26.4 Å². The van der Waals surface area contributed by atoms with Gasteiger partial charge in [0, 0.05) is 0 Å². The van der Waals surface area contributed by atoms with E-state index in [1.165, 1.54) is 12.1 Å². The fourth-order valence-electron chi connectivity index (χ4n) is 1.49. The molecule has 0 radical (unpaired) electrons. The highest BCUT2D eigenvalue weighted by molar-refractivity contribution is 7.87. The number of alkyl carbamates (subject to hydrolysis) is 1. The van der Waals surface area contributed by atoms with E-state index in [1.807, 2.05) is 0 Å². The van der Waals surface area contributed by atoms with Gasteiger partial charge in [-0.15, -0.1) is 0 Å². The first-order valence-electron chi connectivity index (χ1n) is 5.23. The Morgan fingerprint density at radius 2 is 1.85 bits per heavy atom. The van der Waals surface area contributed by atoms with E-state index >= 15 is 0 Å². The summed E-state index contributed by atoms with van der Waals surface area (Å²) in [6, 6.07) is 4.35. The number of ether oxygens (including phenoxy) is 1. The van der Waals surface area contributed by atoms with Crippen LogP contribution in [-0.2, 0) is 14.9 Å². The zero-order valence-electron chi connectivity index (χ0n) is 9.68. The van der Waals surface area contributed by atoms with Crippen molar-refractivity contribution in [1.29, 1.82) is 0 Å². The van der Waals surface area contributed by atoms with E-state index in [2.05, 4.69) is 14.2 Å². The number of alkyl halides is 3. The molecule has 0 bridgehead atoms. The SMILES string of the molecule is O=C1NC(c2ccc(OS(=O)(=O)C(F)(F)F)cc2)CO1. The standard InChI is InChI=1S/C10H8F3NO5S/c11-10(12,13)20(16,17)19-7-3-1-6(2-4-7)8-5-18-9(15)14-8/h1-4,8H,5H2,(H,14,15). The van der Waals surface area contributed by atoms with Crippen molar-refractivity contribution in [3.8, 4) is 5.75 Å². The number of hydrogen-bond acceptors (Lipinski definition) is 5. The minimum Gasteiger partial charge on any atom is -0.447 e. The monoisotopic (exact) mass is 311 g/mol. The lowest BCUT2D eigenvalue weighted by molar-refractivity contribution is -0.0500. The highest BCUT2D eigenvalue weighted by Gasteiger charge is 2.48. The number of halogens is 3. The van der Waals surface area contributed by atoms with Crippen LogP contribution >= 0.6 is 0 Å². The topological polar surface area (TPSA) is 81.7 Å². The Labute approximate surface area is 111 Å². The van der Waals surface area contributed by atoms with Gasteiger partial charge in [0.05, 0.1) is 6.04 Å². The van der Waals surface area contributed by atoms with Crippen LogP contribution in [0.15, 0.2) is 24.3 Å². The molecule has 110 valence electrons. The molecular formula is C10H8F3NO5S. The van der Waals surface area contributed by atoms with Crippen molar-refractivity contribution in [1.82, 2.24) is 5.32 Å². The number of amides is 1. The zero-order chi connectivity index (χ0) is 15.0. The molecule has 1 atom stereocenters. The average molecular weight is 311 g/mol. The molecule has 1 aromatic rings. The summed E-state index contributed by atoms with van der Waals surface area (Å²) in [7, 11) is -5.69. The lowest BCUT2D eigenvalue weighted by Gasteiger charge is -2.11. The molecule has 0 spiro atoms. The molecule has 20 heavy (non-hydrogen) atoms. The zero-order valence-corrected chi connectivity index (χ0v) is 10.5. The third kappa shape index (κ3) is 2.95. The van der Waals surface area contributed by atoms with Gasteiger partial charge in [0.25, 0.3) is 0 Å². The summed E-state index contributed by atoms with van der Waals surface area (Å²) in [6.07, 6.45) is -0.602. The normalized spacial score (nSPS) is 19.4. The molecule has 1 aliphatic rings. The quantitative estimate of drug-likeness (QED) is 0.678. The number of carbonyl (C=O) groups is 1. The number of nitrogens with one attached hydrogen (secondary N) is 1. The molecule has 0 saturated carbocycles. The van der Waals surface area contributed by atoms with Crippen molar-refractivity contribution in [3.63, 3.8) is 0 Å². The number of hydrogen-bond donors (Lipinski definition) is 1. The van der Waals surface area contributed by atoms with Crippen LogP contribution in [0.25, 0.3) is 0 Å². The van der Waals surface area contributed by atoms with Crippen LogP contribution in [0.5, 0.6) is 5.75 Å². The molecule has 0 aromatic heterocycles. The Hall–Kier alpha value is -1.97. The van der Waals surface area contributed by atoms with E-state index in [4.69, 9.17) is 0 Å². The highest BCUT2D eigenvalue weighted by Crippen LogP contribution is 2.28. The van der Waals surface area contributed by atoms with Gasteiger partial charge in [-0.25, -0.2) is 4.79 Å². The number of benzene rings is 1. The van der Waals surface area contributed by atoms with E-state index in [0.717, 1.165) is 12.1 Å². The Morgan fingerprint density at radius 3 is 2.30 bits per heavy atom. The minimum absolute atomic E-state index is 0.0832. The minimum atomic E-state index is -5.69. The van der Waals surface area contributed by atoms with Crippen molar-refractivity contribution in [2.75, 3.05) is 6.61 Å². The maximum atomic E-state index is 12.1. The van der Waals surface area contributed by atoms with Gasteiger partial charge in [0.1, 0.15) is 12.4 Å². The Morgan fingerprint density at radius 1 is 1.25 bits per heavy atom. The molecule has 10 heteroatoms. The largest absolute Gasteiger partial charge is 0.534 e. The van der Waals surface area contributed by atoms with Crippen molar-refractivity contribution < 1.29 is 35.3 Å². The fourth-order valence-corrected chi connectivity index (χ4v) is 1.95. The summed E-state index contributed by atoms with van der Waals surface area (Å²) < 4.78 is 66.5. The van der Waals surface area contributed by atoms with Crippen LogP contribution in [0.4, 0.5) is 18.0 Å². The maximum absolute atomic E-state index is 12.1. The molecule has 2 rings (SSSR count). The molecule has 1 unspecified atom stereocenters. The molecular weight excluding hydrogens is 303 g/mol. The third-order valence-electron chi connectivity index (χ3n) is 2.45. The molecule has 1 saturated heterocycles. The fraction of sp³-hybridized carbons (Fsp3) is 0.300. The predicted octanol–water partition coefficient (Wildman–Crippen LogP) is 1.70. The smallest absolute Gasteiger partial charge is 0.447 e. The van der Waals surface area contributed by atoms with Crippen LogP contribution in [0.3, 0.4) is 0 Å². The Kier molecular flexibility index (Phi) is 3.50. The lowest BCUT2D eigenvalue weighted by Crippen LogP contribution is -2.28. The van der Waals surface area contributed by atoms with E-state index in [0.29, 0.717) is 5.56 Å². The Bertz CT molecular complexity index is 611. The summed E-state index contributed by atoms with van der Waals surface area (Å²) in [5.74, 6) is -0.476. The molecule has 0 aliphatic carbocycles. The van der Waals surface area contributed by atoms with Crippen LogP contribution < -0.4 is 9.50 Å². The van der Waals surface area contributed by atoms with Gasteiger partial charge >= 0.3 is 21.7 Å². The number of cyclic esters (lactones) is 1. The lowest BCUT2D eigenvalue weighted by atomic mass is 10.1. The van der Waals surface area contributed by atoms with Gasteiger partial charge < -0.3 is 14.2 Å². The summed E-state index contributed by atoms with van der Waals surface area (Å²) in [4.78, 5) is 10.8. The maximum Gasteiger partial charge on any atom is 0.534 e. The molecule has 1 aliphatic heterocycles. The van der Waals surface area contributed by atoms with Crippen molar-refractivity contribution in [2.45, 2.75) is 11.6 Å². The van der Waals surface area contributed by atoms with Crippen LogP contribution in [0.2, 0.25) is 0 Å². The van der Waals surface area contributed by atoms with Gasteiger partial charge in [-0.2, -0.15) is 21.6 Å². The molecule has 1 aromatic carbocycles. The first-order chi connectivity index (χ1) is 9.19. The third-order valence-corrected chi connectivity index (χ3v) is 3.42. The first-order valence-corrected chi connectivity index (χ1v) is 6.64. The van der Waals surface area contributed by atoms with Gasteiger partial charge in [0.2, 0.25) is 0 Å². The van der Waals surface area contributed by atoms with Gasteiger partial charge in [0.15, 0.2) is 0 Å². The first kappa shape index (κ1) is 14.4. The summed E-state index contributed by atoms with van der Waals surface area (Å²) in [6.45, 7) is 0.0832. The van der Waals surface area contributed by atoms with Gasteiger partial charge in [-0.1, -0.05) is 12.1 Å². The Balaban J connectivity index is 2.11. The average Bonchev–Trinajstić information content (AvgIpc) is 2.75. The van der Waals surface area contributed by atoms with Crippen molar-refractivity contribution in [3.05, 3.63) is 29.8 Å². The van der Waals surface area contributed by atoms with E-state index in [-0.39, 0.29) is 6.61 Å². The summed E-state index contributed by atoms with van der Waals surface area (Å²) >= 11 is 0. The molecule has 1 amide bonds. The second-order valence-electron chi connectivity index (χ2n) is 3.85. The van der Waals surface area contributed by atoms with Crippen molar-refractivity contribution >= 4 is 16.2 Å². The van der Waals surface area contributed by atoms with E-state index < -0.39 is 33.5 Å². The number of rotatable bonds is 3. The summed E-state index contributed by atoms with van der Waals surface area (Å²) in [5.41, 5.74) is -4.94. The van der Waals surface area contributed by atoms with Gasteiger partial charge in [-0.05, 0) is 17.7 Å². The van der Waals surface area contributed by atoms with Crippen LogP contribution in [0, 0.1) is 0 Å². The summed E-state index contributed by atoms with van der Waals surface area (Å²) in [5, 5.41) is 2.46. The van der Waals surface area contributed by atoms with Crippen LogP contribution in [0.1, 0.15) is 11.6 Å². The van der Waals surface area contributed by atoms with Gasteiger partial charge in [-0.3, -0.25) is 0 Å². The molecule has 6 nitrogen and oxygen atoms in total. The molecule has 1 fully saturated rings. The molecule has 1 N–H and O–H groups in total. The second kappa shape index (κ2) is 4.85. The van der Waals surface area contributed by atoms with Crippen LogP contribution in [-0.4, -0.2) is 26.6 Å². The van der Waals surface area contributed by atoms with Crippen molar-refractivity contribution in [2.24, 2.45) is 0 Å². The predicted molar refractivity (Wildman–Crippen MR) is 59.3 cm³/mol. The second-order valence-corrected chi connectivity index (χ2v) is 5.39.